The molecule has 2 aromatic carbocycles. The maximum Gasteiger partial charge on any atom is 0.312 e. The molecule has 0 aliphatic heterocycles. The average Bonchev–Trinajstić information content (AvgIpc) is 2.55. The highest BCUT2D eigenvalue weighted by Gasteiger charge is 2.14. The predicted octanol–water partition coefficient (Wildman–Crippen LogP) is 2.46. The summed E-state index contributed by atoms with van der Waals surface area (Å²) < 4.78 is 5.96. The van der Waals surface area contributed by atoms with E-state index in [2.05, 4.69) is 10.6 Å². The molecular weight excluding hydrogens is 306 g/mol. The Morgan fingerprint density at radius 2 is 1.71 bits per heavy atom. The zero-order chi connectivity index (χ0) is 17.5. The first kappa shape index (κ1) is 17.3. The summed E-state index contributed by atoms with van der Waals surface area (Å²) in [4.78, 5) is 22.7. The van der Waals surface area contributed by atoms with Crippen LogP contribution >= 0.6 is 0 Å². The number of ether oxygens (including phenoxy) is 1. The topological polar surface area (TPSA) is 93.4 Å². The van der Waals surface area contributed by atoms with Crippen LogP contribution in [-0.2, 0) is 11.3 Å². The van der Waals surface area contributed by atoms with Gasteiger partial charge in [0.15, 0.2) is 0 Å². The van der Waals surface area contributed by atoms with Crippen molar-refractivity contribution in [2.45, 2.75) is 26.4 Å². The monoisotopic (exact) mass is 327 g/mol. The van der Waals surface area contributed by atoms with Crippen molar-refractivity contribution >= 4 is 11.9 Å². The highest BCUT2D eigenvalue weighted by Crippen LogP contribution is 2.27. The molecule has 2 aromatic rings. The Morgan fingerprint density at radius 1 is 1.08 bits per heavy atom. The van der Waals surface area contributed by atoms with Crippen LogP contribution in [0.2, 0.25) is 0 Å². The van der Waals surface area contributed by atoms with Crippen LogP contribution in [0.4, 0.5) is 4.79 Å². The highest BCUT2D eigenvalue weighted by atomic mass is 16.5. The number of nitrogens with one attached hydrogen (secondary N) is 2. The molecule has 0 aliphatic carbocycles. The number of benzene rings is 2. The third-order valence-corrected chi connectivity index (χ3v) is 3.49. The van der Waals surface area contributed by atoms with Gasteiger partial charge in [-0.25, -0.2) is 4.79 Å². The number of aryl methyl sites for hydroxylation is 1. The van der Waals surface area contributed by atoms with Crippen molar-refractivity contribution in [3.63, 3.8) is 0 Å². The first-order valence-corrected chi connectivity index (χ1v) is 7.62. The average molecular weight is 327 g/mol. The number of carbonyl (C=O) groups is 2. The molecule has 4 N–H and O–H groups in total. The fourth-order valence-corrected chi connectivity index (χ4v) is 2.15. The minimum Gasteiger partial charge on any atom is -0.457 e. The molecule has 0 saturated heterocycles. The van der Waals surface area contributed by atoms with Gasteiger partial charge in [0.1, 0.15) is 17.5 Å². The van der Waals surface area contributed by atoms with E-state index in [1.807, 2.05) is 55.5 Å². The van der Waals surface area contributed by atoms with E-state index in [4.69, 9.17) is 10.5 Å². The first-order chi connectivity index (χ1) is 11.5. The minimum atomic E-state index is -0.735. The molecule has 1 unspecified atom stereocenters. The van der Waals surface area contributed by atoms with Gasteiger partial charge in [-0.05, 0) is 31.5 Å². The summed E-state index contributed by atoms with van der Waals surface area (Å²) in [7, 11) is 0. The van der Waals surface area contributed by atoms with Crippen molar-refractivity contribution in [2.24, 2.45) is 5.73 Å². The predicted molar refractivity (Wildman–Crippen MR) is 91.7 cm³/mol. The third kappa shape index (κ3) is 4.74. The Balaban J connectivity index is 2.05. The lowest BCUT2D eigenvalue weighted by atomic mass is 10.2. The van der Waals surface area contributed by atoms with E-state index in [9.17, 15) is 9.59 Å². The lowest BCUT2D eigenvalue weighted by Gasteiger charge is -2.15. The number of hydrogen-bond donors (Lipinski definition) is 3. The molecule has 0 spiro atoms. The molecule has 24 heavy (non-hydrogen) atoms. The molecule has 0 saturated carbocycles. The van der Waals surface area contributed by atoms with E-state index in [1.165, 1.54) is 0 Å². The molecule has 6 nitrogen and oxygen atoms in total. The second-order valence-corrected chi connectivity index (χ2v) is 5.42. The van der Waals surface area contributed by atoms with E-state index in [0.29, 0.717) is 5.75 Å². The van der Waals surface area contributed by atoms with Gasteiger partial charge in [0.2, 0.25) is 5.91 Å². The van der Waals surface area contributed by atoms with Crippen molar-refractivity contribution in [2.75, 3.05) is 0 Å². The van der Waals surface area contributed by atoms with Crippen LogP contribution in [0.1, 0.15) is 18.1 Å². The van der Waals surface area contributed by atoms with Gasteiger partial charge in [-0.15, -0.1) is 0 Å². The second kappa shape index (κ2) is 8.01. The normalized spacial score (nSPS) is 11.4. The third-order valence-electron chi connectivity index (χ3n) is 3.49. The first-order valence-electron chi connectivity index (χ1n) is 7.62. The number of primary amides is 1. The number of amides is 3. The van der Waals surface area contributed by atoms with Crippen molar-refractivity contribution in [3.05, 3.63) is 59.7 Å². The summed E-state index contributed by atoms with van der Waals surface area (Å²) in [5.74, 6) is 1.11. The van der Waals surface area contributed by atoms with Gasteiger partial charge in [-0.2, -0.15) is 0 Å². The molecule has 0 heterocycles. The van der Waals surface area contributed by atoms with Crippen LogP contribution in [0.5, 0.6) is 11.5 Å². The molecule has 0 bridgehead atoms. The molecule has 0 aromatic heterocycles. The van der Waals surface area contributed by atoms with Crippen molar-refractivity contribution in [1.29, 1.82) is 0 Å². The Morgan fingerprint density at radius 3 is 2.38 bits per heavy atom. The number of carbonyl (C=O) groups excluding carboxylic acids is 2. The number of urea groups is 1. The molecule has 0 fully saturated rings. The molecule has 1 atom stereocenters. The van der Waals surface area contributed by atoms with Crippen LogP contribution in [0.3, 0.4) is 0 Å². The smallest absolute Gasteiger partial charge is 0.312 e. The van der Waals surface area contributed by atoms with Gasteiger partial charge >= 0.3 is 6.03 Å². The van der Waals surface area contributed by atoms with E-state index in [0.717, 1.165) is 16.9 Å². The Kier molecular flexibility index (Phi) is 5.78. The fraction of sp³-hybridized carbons (Fsp3) is 0.222. The van der Waals surface area contributed by atoms with Gasteiger partial charge in [0.25, 0.3) is 0 Å². The summed E-state index contributed by atoms with van der Waals surface area (Å²) in [5, 5.41) is 5.09. The second-order valence-electron chi connectivity index (χ2n) is 5.42. The summed E-state index contributed by atoms with van der Waals surface area (Å²) in [5.41, 5.74) is 6.87. The van der Waals surface area contributed by atoms with Crippen LogP contribution in [0.15, 0.2) is 48.5 Å². The van der Waals surface area contributed by atoms with E-state index in [1.54, 1.807) is 6.92 Å². The quantitative estimate of drug-likeness (QED) is 0.761. The molecule has 126 valence electrons. The SMILES string of the molecule is Cc1ccccc1Oc1ccccc1CNC(=O)C(C)NC(N)=O. The van der Waals surface area contributed by atoms with Gasteiger partial charge in [-0.3, -0.25) is 4.79 Å². The summed E-state index contributed by atoms with van der Waals surface area (Å²) in [6, 6.07) is 13.7. The molecule has 0 aliphatic rings. The number of para-hydroxylation sites is 2. The Labute approximate surface area is 141 Å². The lowest BCUT2D eigenvalue weighted by molar-refractivity contribution is -0.122. The van der Waals surface area contributed by atoms with E-state index in [-0.39, 0.29) is 12.5 Å². The maximum absolute atomic E-state index is 12.0. The fourth-order valence-electron chi connectivity index (χ4n) is 2.15. The molecule has 0 radical (unpaired) electrons. The van der Waals surface area contributed by atoms with Gasteiger partial charge in [-0.1, -0.05) is 36.4 Å². The van der Waals surface area contributed by atoms with Crippen molar-refractivity contribution in [1.82, 2.24) is 10.6 Å². The summed E-state index contributed by atoms with van der Waals surface area (Å²) in [6.07, 6.45) is 0. The van der Waals surface area contributed by atoms with E-state index >= 15 is 0 Å². The number of nitrogens with two attached hydrogens (primary N) is 1. The minimum absolute atomic E-state index is 0.283. The number of hydrogen-bond acceptors (Lipinski definition) is 3. The van der Waals surface area contributed by atoms with Gasteiger partial charge in [0, 0.05) is 12.1 Å². The van der Waals surface area contributed by atoms with Gasteiger partial charge in [0.05, 0.1) is 0 Å². The van der Waals surface area contributed by atoms with Gasteiger partial charge < -0.3 is 21.1 Å². The molecule has 6 heteroatoms. The zero-order valence-electron chi connectivity index (χ0n) is 13.7. The van der Waals surface area contributed by atoms with Crippen molar-refractivity contribution in [3.8, 4) is 11.5 Å². The number of rotatable bonds is 6. The molecule has 3 amide bonds. The molecular formula is C18H21N3O3. The van der Waals surface area contributed by atoms with Crippen LogP contribution in [0.25, 0.3) is 0 Å². The largest absolute Gasteiger partial charge is 0.457 e. The standard InChI is InChI=1S/C18H21N3O3/c1-12-7-3-5-9-15(12)24-16-10-6-4-8-14(16)11-20-17(22)13(2)21-18(19)23/h3-10,13H,11H2,1-2H3,(H,20,22)(H3,19,21,23). The van der Waals surface area contributed by atoms with Crippen LogP contribution < -0.4 is 21.1 Å². The molecule has 2 rings (SSSR count). The van der Waals surface area contributed by atoms with Crippen molar-refractivity contribution < 1.29 is 14.3 Å². The maximum atomic E-state index is 12.0. The van der Waals surface area contributed by atoms with Crippen LogP contribution in [-0.4, -0.2) is 18.0 Å². The summed E-state index contributed by atoms with van der Waals surface area (Å²) in [6.45, 7) is 3.82. The zero-order valence-corrected chi connectivity index (χ0v) is 13.7. The van der Waals surface area contributed by atoms with E-state index < -0.39 is 12.1 Å². The summed E-state index contributed by atoms with van der Waals surface area (Å²) >= 11 is 0. The highest BCUT2D eigenvalue weighted by molar-refractivity contribution is 5.86. The Bertz CT molecular complexity index is 731. The lowest BCUT2D eigenvalue weighted by Crippen LogP contribution is -2.46. The Hall–Kier alpha value is -3.02. The van der Waals surface area contributed by atoms with Crippen LogP contribution in [0, 0.1) is 6.92 Å².